The van der Waals surface area contributed by atoms with E-state index in [9.17, 15) is 33.3 Å². The Morgan fingerprint density at radius 3 is 2.50 bits per heavy atom. The van der Waals surface area contributed by atoms with Crippen molar-refractivity contribution >= 4 is 11.6 Å². The normalized spacial score (nSPS) is 28.0. The van der Waals surface area contributed by atoms with Crippen LogP contribution in [0.4, 0.5) is 18.9 Å². The average Bonchev–Trinajstić information content (AvgIpc) is 3.46. The molecule has 1 aliphatic carbocycles. The molecule has 5 rings (SSSR count). The number of rotatable bonds is 7. The van der Waals surface area contributed by atoms with E-state index in [0.29, 0.717) is 18.5 Å². The van der Waals surface area contributed by atoms with Crippen LogP contribution in [-0.2, 0) is 14.3 Å². The van der Waals surface area contributed by atoms with Crippen LogP contribution in [0.1, 0.15) is 37.3 Å². The Hall–Kier alpha value is -3.36. The molecule has 13 heteroatoms. The summed E-state index contributed by atoms with van der Waals surface area (Å²) in [6.07, 6.45) is -2.00. The van der Waals surface area contributed by atoms with Crippen molar-refractivity contribution in [2.75, 3.05) is 18.6 Å². The highest BCUT2D eigenvalue weighted by atomic mass is 19.2. The number of carbonyl (C=O) groups excluding carboxylic acids is 1. The molecule has 2 aliphatic rings. The number of benzene rings is 2. The van der Waals surface area contributed by atoms with Gasteiger partial charge in [-0.2, -0.15) is 0 Å². The number of ether oxygens (including phenoxy) is 2. The second-order valence-corrected chi connectivity index (χ2v) is 10.8. The standard InChI is InChI=1S/C29H33F3N4O6/c1-15-6-5-7-17(10-15)36(21-8-3-4-9-22(21)38)29(40)28-27(41-2)25(26(39)23(14-37)42-28)35-13-20(33-34-35)16-11-18(30)24(32)19(31)12-16/h5-7,10-13,21-23,25-28,37-39H,3-4,8-9,14H2,1-2H3/t21-,22-,23+,25-,26-,27+,28+/m0/s1. The van der Waals surface area contributed by atoms with Gasteiger partial charge in [0, 0.05) is 18.4 Å². The van der Waals surface area contributed by atoms with Crippen molar-refractivity contribution in [2.45, 2.75) is 75.2 Å². The number of aromatic nitrogens is 3. The van der Waals surface area contributed by atoms with Crippen LogP contribution in [0.3, 0.4) is 0 Å². The van der Waals surface area contributed by atoms with Crippen LogP contribution in [0.25, 0.3) is 11.3 Å². The SMILES string of the molecule is CO[C@@H]1[C@@H](n2cc(-c3cc(F)c(F)c(F)c3)nn2)[C@@H](O)[C@@H](CO)O[C@H]1C(=O)N(c1cccc(C)c1)[C@H]1CCCC[C@@H]1O. The van der Waals surface area contributed by atoms with Gasteiger partial charge >= 0.3 is 0 Å². The number of halogens is 3. The maximum Gasteiger partial charge on any atom is 0.259 e. The molecule has 1 amide bonds. The first-order valence-electron chi connectivity index (χ1n) is 13.8. The predicted octanol–water partition coefficient (Wildman–Crippen LogP) is 2.68. The van der Waals surface area contributed by atoms with Crippen LogP contribution in [-0.4, -0.2) is 86.5 Å². The van der Waals surface area contributed by atoms with Crippen molar-refractivity contribution in [2.24, 2.45) is 0 Å². The highest BCUT2D eigenvalue weighted by molar-refractivity contribution is 5.98. The highest BCUT2D eigenvalue weighted by Crippen LogP contribution is 2.36. The molecule has 3 aromatic rings. The molecule has 42 heavy (non-hydrogen) atoms. The van der Waals surface area contributed by atoms with Crippen molar-refractivity contribution < 1.29 is 42.8 Å². The summed E-state index contributed by atoms with van der Waals surface area (Å²) in [6.45, 7) is 1.23. The van der Waals surface area contributed by atoms with Gasteiger partial charge < -0.3 is 29.7 Å². The number of aryl methyl sites for hydroxylation is 1. The van der Waals surface area contributed by atoms with Crippen LogP contribution in [0.5, 0.6) is 0 Å². The van der Waals surface area contributed by atoms with Gasteiger partial charge in [0.1, 0.15) is 30.0 Å². The summed E-state index contributed by atoms with van der Waals surface area (Å²) in [7, 11) is 1.32. The van der Waals surface area contributed by atoms with Gasteiger partial charge in [0.25, 0.3) is 5.91 Å². The van der Waals surface area contributed by atoms with Crippen molar-refractivity contribution in [1.82, 2.24) is 15.0 Å². The number of carbonyl (C=O) groups is 1. The van der Waals surface area contributed by atoms with Crippen LogP contribution < -0.4 is 4.90 Å². The number of hydrogen-bond acceptors (Lipinski definition) is 8. The summed E-state index contributed by atoms with van der Waals surface area (Å²) in [5.41, 5.74) is 1.32. The van der Waals surface area contributed by atoms with E-state index in [1.54, 1.807) is 12.1 Å². The van der Waals surface area contributed by atoms with Gasteiger partial charge in [0.15, 0.2) is 23.6 Å². The van der Waals surface area contributed by atoms with E-state index in [1.807, 2.05) is 19.1 Å². The van der Waals surface area contributed by atoms with Gasteiger partial charge in [-0.15, -0.1) is 5.10 Å². The maximum absolute atomic E-state index is 14.4. The highest BCUT2D eigenvalue weighted by Gasteiger charge is 2.52. The monoisotopic (exact) mass is 590 g/mol. The largest absolute Gasteiger partial charge is 0.394 e. The fourth-order valence-electron chi connectivity index (χ4n) is 5.91. The first-order chi connectivity index (χ1) is 20.1. The van der Waals surface area contributed by atoms with Gasteiger partial charge in [0.2, 0.25) is 0 Å². The molecule has 1 saturated heterocycles. The second kappa shape index (κ2) is 12.5. The molecule has 10 nitrogen and oxygen atoms in total. The quantitative estimate of drug-likeness (QED) is 0.358. The molecule has 0 unspecified atom stereocenters. The first kappa shape index (κ1) is 30.1. The van der Waals surface area contributed by atoms with E-state index >= 15 is 0 Å². The van der Waals surface area contributed by atoms with Gasteiger partial charge in [0.05, 0.1) is 24.9 Å². The van der Waals surface area contributed by atoms with E-state index in [0.717, 1.165) is 30.5 Å². The smallest absolute Gasteiger partial charge is 0.259 e. The topological polar surface area (TPSA) is 130 Å². The lowest BCUT2D eigenvalue weighted by atomic mass is 9.88. The molecule has 2 aromatic carbocycles. The summed E-state index contributed by atoms with van der Waals surface area (Å²) < 4.78 is 54.1. The van der Waals surface area contributed by atoms with Crippen LogP contribution >= 0.6 is 0 Å². The number of methoxy groups -OCH3 is 1. The van der Waals surface area contributed by atoms with E-state index in [2.05, 4.69) is 10.3 Å². The molecule has 0 radical (unpaired) electrons. The lowest BCUT2D eigenvalue weighted by molar-refractivity contribution is -0.211. The Labute approximate surface area is 240 Å². The molecular formula is C29H33F3N4O6. The molecule has 2 fully saturated rings. The molecule has 7 atom stereocenters. The minimum Gasteiger partial charge on any atom is -0.394 e. The Balaban J connectivity index is 1.53. The molecule has 2 heterocycles. The Morgan fingerprint density at radius 1 is 1.14 bits per heavy atom. The minimum atomic E-state index is -1.63. The average molecular weight is 591 g/mol. The lowest BCUT2D eigenvalue weighted by Crippen LogP contribution is -2.63. The number of nitrogens with zero attached hydrogens (tertiary/aromatic N) is 4. The summed E-state index contributed by atoms with van der Waals surface area (Å²) in [6, 6.07) is 7.11. The molecular weight excluding hydrogens is 557 g/mol. The summed E-state index contributed by atoms with van der Waals surface area (Å²) in [4.78, 5) is 15.9. The molecule has 226 valence electrons. The Bertz CT molecular complexity index is 1400. The minimum absolute atomic E-state index is 0.0310. The van der Waals surface area contributed by atoms with Crippen LogP contribution in [0.15, 0.2) is 42.6 Å². The number of aliphatic hydroxyl groups is 3. The number of hydrogen-bond donors (Lipinski definition) is 3. The molecule has 1 saturated carbocycles. The van der Waals surface area contributed by atoms with Crippen molar-refractivity contribution in [3.05, 3.63) is 65.6 Å². The van der Waals surface area contributed by atoms with E-state index in [4.69, 9.17) is 9.47 Å². The van der Waals surface area contributed by atoms with Crippen molar-refractivity contribution in [3.8, 4) is 11.3 Å². The third kappa shape index (κ3) is 5.66. The van der Waals surface area contributed by atoms with Gasteiger partial charge in [-0.05, 0) is 49.6 Å². The number of anilines is 1. The van der Waals surface area contributed by atoms with Gasteiger partial charge in [-0.25, -0.2) is 17.9 Å². The predicted molar refractivity (Wildman–Crippen MR) is 144 cm³/mol. The Morgan fingerprint density at radius 2 is 1.86 bits per heavy atom. The number of amides is 1. The fraction of sp³-hybridized carbons (Fsp3) is 0.483. The molecule has 1 aromatic heterocycles. The van der Waals surface area contributed by atoms with Crippen molar-refractivity contribution in [1.29, 1.82) is 0 Å². The molecule has 0 spiro atoms. The summed E-state index contributed by atoms with van der Waals surface area (Å²) >= 11 is 0. The van der Waals surface area contributed by atoms with Crippen molar-refractivity contribution in [3.63, 3.8) is 0 Å². The second-order valence-electron chi connectivity index (χ2n) is 10.8. The molecule has 1 aliphatic heterocycles. The Kier molecular flexibility index (Phi) is 8.94. The lowest BCUT2D eigenvalue weighted by Gasteiger charge is -2.46. The van der Waals surface area contributed by atoms with E-state index in [1.165, 1.54) is 22.9 Å². The van der Waals surface area contributed by atoms with E-state index < -0.39 is 72.6 Å². The number of aliphatic hydroxyl groups excluding tert-OH is 3. The van der Waals surface area contributed by atoms with Crippen LogP contribution in [0.2, 0.25) is 0 Å². The zero-order valence-electron chi connectivity index (χ0n) is 23.1. The van der Waals surface area contributed by atoms with Gasteiger partial charge in [-0.3, -0.25) is 4.79 Å². The molecule has 3 N–H and O–H groups in total. The fourth-order valence-corrected chi connectivity index (χ4v) is 5.91. The summed E-state index contributed by atoms with van der Waals surface area (Å²) in [5.74, 6) is -4.99. The zero-order chi connectivity index (χ0) is 30.1. The van der Waals surface area contributed by atoms with Gasteiger partial charge in [-0.1, -0.05) is 30.2 Å². The maximum atomic E-state index is 14.4. The van der Waals surface area contributed by atoms with E-state index in [-0.39, 0.29) is 11.3 Å². The molecule has 0 bridgehead atoms. The zero-order valence-corrected chi connectivity index (χ0v) is 23.1. The third-order valence-electron chi connectivity index (χ3n) is 8.02. The first-order valence-corrected chi connectivity index (χ1v) is 13.8. The third-order valence-corrected chi connectivity index (χ3v) is 8.02. The van der Waals surface area contributed by atoms with Crippen LogP contribution in [0, 0.1) is 24.4 Å². The summed E-state index contributed by atoms with van der Waals surface area (Å²) in [5, 5.41) is 40.1.